The number of aromatic nitrogens is 4. The zero-order chi connectivity index (χ0) is 13.1. The van der Waals surface area contributed by atoms with E-state index >= 15 is 0 Å². The van der Waals surface area contributed by atoms with Crippen LogP contribution in [0.4, 0.5) is 5.69 Å². The van der Waals surface area contributed by atoms with E-state index in [1.807, 2.05) is 54.6 Å². The van der Waals surface area contributed by atoms with Gasteiger partial charge in [0.15, 0.2) is 0 Å². The molecule has 1 heterocycles. The maximum atomic E-state index is 5.74. The third-order valence-corrected chi connectivity index (χ3v) is 2.76. The lowest BCUT2D eigenvalue weighted by molar-refractivity contribution is 0.573. The quantitative estimate of drug-likeness (QED) is 0.722. The van der Waals surface area contributed by atoms with Crippen molar-refractivity contribution >= 4 is 5.69 Å². The molecule has 0 unspecified atom stereocenters. The number of hydrogen-bond donors (Lipinski definition) is 1. The predicted molar refractivity (Wildman–Crippen MR) is 73.2 cm³/mol. The molecule has 0 fully saturated rings. The van der Waals surface area contributed by atoms with E-state index in [0.29, 0.717) is 18.1 Å². The smallest absolute Gasteiger partial charge is 0.205 e. The van der Waals surface area contributed by atoms with E-state index in [0.717, 1.165) is 11.1 Å². The van der Waals surface area contributed by atoms with Crippen molar-refractivity contribution < 1.29 is 0 Å². The molecule has 2 aromatic carbocycles. The molecule has 5 heteroatoms. The fraction of sp³-hybridized carbons (Fsp3) is 0.0714. The largest absolute Gasteiger partial charge is 0.399 e. The number of anilines is 1. The number of hydrogen-bond acceptors (Lipinski definition) is 4. The number of tetrazole rings is 1. The lowest BCUT2D eigenvalue weighted by Gasteiger charge is -1.98. The summed E-state index contributed by atoms with van der Waals surface area (Å²) in [6, 6.07) is 17.5. The molecule has 94 valence electrons. The Labute approximate surface area is 110 Å². The lowest BCUT2D eigenvalue weighted by atomic mass is 10.2. The van der Waals surface area contributed by atoms with Crippen molar-refractivity contribution in [1.29, 1.82) is 0 Å². The van der Waals surface area contributed by atoms with Crippen LogP contribution in [0.5, 0.6) is 0 Å². The number of nitrogens with two attached hydrogens (primary N) is 1. The zero-order valence-electron chi connectivity index (χ0n) is 10.3. The van der Waals surface area contributed by atoms with Crippen molar-refractivity contribution in [2.75, 3.05) is 5.73 Å². The maximum Gasteiger partial charge on any atom is 0.205 e. The number of nitrogens with zero attached hydrogens (tertiary/aromatic N) is 4. The molecule has 1 aromatic heterocycles. The summed E-state index contributed by atoms with van der Waals surface area (Å²) in [5, 5.41) is 12.5. The molecule has 2 N–H and O–H groups in total. The summed E-state index contributed by atoms with van der Waals surface area (Å²) in [7, 11) is 0. The molecule has 0 amide bonds. The number of nitrogen functional groups attached to an aromatic ring is 1. The van der Waals surface area contributed by atoms with Crippen molar-refractivity contribution in [2.45, 2.75) is 6.54 Å². The average Bonchev–Trinajstić information content (AvgIpc) is 2.88. The van der Waals surface area contributed by atoms with E-state index in [2.05, 4.69) is 15.4 Å². The second kappa shape index (κ2) is 4.89. The molecule has 0 spiro atoms. The summed E-state index contributed by atoms with van der Waals surface area (Å²) in [5.74, 6) is 0.586. The Hall–Kier alpha value is -2.69. The molecule has 19 heavy (non-hydrogen) atoms. The van der Waals surface area contributed by atoms with E-state index in [-0.39, 0.29) is 0 Å². The Balaban J connectivity index is 1.84. The average molecular weight is 251 g/mol. The first-order chi connectivity index (χ1) is 9.31. The first-order valence-corrected chi connectivity index (χ1v) is 5.99. The first kappa shape index (κ1) is 11.4. The fourth-order valence-corrected chi connectivity index (χ4v) is 1.85. The Bertz CT molecular complexity index is 675. The molecule has 0 aliphatic heterocycles. The van der Waals surface area contributed by atoms with Gasteiger partial charge < -0.3 is 5.73 Å². The molecule has 5 nitrogen and oxygen atoms in total. The highest BCUT2D eigenvalue weighted by Crippen LogP contribution is 2.16. The number of benzene rings is 2. The Morgan fingerprint density at radius 2 is 1.84 bits per heavy atom. The van der Waals surface area contributed by atoms with E-state index in [1.54, 1.807) is 4.80 Å². The van der Waals surface area contributed by atoms with Crippen molar-refractivity contribution in [3.05, 3.63) is 60.2 Å². The van der Waals surface area contributed by atoms with Crippen LogP contribution in [0.2, 0.25) is 0 Å². The maximum absolute atomic E-state index is 5.74. The highest BCUT2D eigenvalue weighted by Gasteiger charge is 2.06. The van der Waals surface area contributed by atoms with Crippen molar-refractivity contribution in [1.82, 2.24) is 20.2 Å². The lowest BCUT2D eigenvalue weighted by Crippen LogP contribution is -2.03. The van der Waals surface area contributed by atoms with Gasteiger partial charge in [-0.3, -0.25) is 0 Å². The summed E-state index contributed by atoms with van der Waals surface area (Å²) in [4.78, 5) is 1.58. The molecule has 0 saturated carbocycles. The molecule has 0 aliphatic carbocycles. The Kier molecular flexibility index (Phi) is 2.94. The highest BCUT2D eigenvalue weighted by atomic mass is 15.6. The monoisotopic (exact) mass is 251 g/mol. The molecule has 0 radical (unpaired) electrons. The van der Waals surface area contributed by atoms with Crippen molar-refractivity contribution in [2.24, 2.45) is 0 Å². The molecular weight excluding hydrogens is 238 g/mol. The van der Waals surface area contributed by atoms with Gasteiger partial charge in [0.2, 0.25) is 5.82 Å². The summed E-state index contributed by atoms with van der Waals surface area (Å²) in [6.45, 7) is 0.607. The van der Waals surface area contributed by atoms with Crippen LogP contribution >= 0.6 is 0 Å². The summed E-state index contributed by atoms with van der Waals surface area (Å²) in [5.41, 5.74) is 8.45. The second-order valence-electron chi connectivity index (χ2n) is 4.25. The molecule has 0 aliphatic rings. The number of rotatable bonds is 3. The van der Waals surface area contributed by atoms with Gasteiger partial charge in [-0.05, 0) is 22.9 Å². The van der Waals surface area contributed by atoms with Crippen molar-refractivity contribution in [3.63, 3.8) is 0 Å². The molecule has 3 aromatic rings. The minimum atomic E-state index is 0.586. The van der Waals surface area contributed by atoms with Gasteiger partial charge in [-0.25, -0.2) is 0 Å². The zero-order valence-corrected chi connectivity index (χ0v) is 10.3. The van der Waals surface area contributed by atoms with Gasteiger partial charge in [0.25, 0.3) is 0 Å². The van der Waals surface area contributed by atoms with E-state index in [1.165, 1.54) is 0 Å². The van der Waals surface area contributed by atoms with Gasteiger partial charge in [-0.2, -0.15) is 4.80 Å². The van der Waals surface area contributed by atoms with E-state index in [9.17, 15) is 0 Å². The normalized spacial score (nSPS) is 10.5. The van der Waals surface area contributed by atoms with Gasteiger partial charge in [0, 0.05) is 11.3 Å². The van der Waals surface area contributed by atoms with Crippen LogP contribution in [-0.2, 0) is 6.54 Å². The molecule has 0 bridgehead atoms. The van der Waals surface area contributed by atoms with Crippen LogP contribution in [-0.4, -0.2) is 20.2 Å². The van der Waals surface area contributed by atoms with Crippen LogP contribution < -0.4 is 5.73 Å². The van der Waals surface area contributed by atoms with Gasteiger partial charge in [0.1, 0.15) is 0 Å². The molecule has 0 saturated heterocycles. The third-order valence-electron chi connectivity index (χ3n) is 2.76. The Morgan fingerprint density at radius 1 is 1.00 bits per heavy atom. The second-order valence-corrected chi connectivity index (χ2v) is 4.25. The molecular formula is C14H13N5. The van der Waals surface area contributed by atoms with Crippen LogP contribution in [0.15, 0.2) is 54.6 Å². The van der Waals surface area contributed by atoms with Crippen LogP contribution in [0.25, 0.3) is 11.4 Å². The van der Waals surface area contributed by atoms with Crippen molar-refractivity contribution in [3.8, 4) is 11.4 Å². The topological polar surface area (TPSA) is 69.6 Å². The summed E-state index contributed by atoms with van der Waals surface area (Å²) in [6.07, 6.45) is 0. The van der Waals surface area contributed by atoms with Crippen LogP contribution in [0, 0.1) is 0 Å². The minimum absolute atomic E-state index is 0.586. The SMILES string of the molecule is Nc1cccc(-c2nnn(Cc3ccccc3)n2)c1. The van der Waals surface area contributed by atoms with Gasteiger partial charge in [-0.15, -0.1) is 10.2 Å². The highest BCUT2D eigenvalue weighted by molar-refractivity contribution is 5.60. The first-order valence-electron chi connectivity index (χ1n) is 5.99. The molecule has 0 atom stereocenters. The minimum Gasteiger partial charge on any atom is -0.399 e. The van der Waals surface area contributed by atoms with E-state index in [4.69, 9.17) is 5.73 Å². The predicted octanol–water partition coefficient (Wildman–Crippen LogP) is 1.97. The Morgan fingerprint density at radius 3 is 2.63 bits per heavy atom. The summed E-state index contributed by atoms with van der Waals surface area (Å²) >= 11 is 0. The van der Waals surface area contributed by atoms with Gasteiger partial charge in [0.05, 0.1) is 6.54 Å². The van der Waals surface area contributed by atoms with Crippen LogP contribution in [0.3, 0.4) is 0 Å². The van der Waals surface area contributed by atoms with Gasteiger partial charge in [-0.1, -0.05) is 42.5 Å². The standard InChI is InChI=1S/C14H13N5/c15-13-8-4-7-12(9-13)14-16-18-19(17-14)10-11-5-2-1-3-6-11/h1-9H,10,15H2. The van der Waals surface area contributed by atoms with E-state index < -0.39 is 0 Å². The van der Waals surface area contributed by atoms with Gasteiger partial charge >= 0.3 is 0 Å². The fourth-order valence-electron chi connectivity index (χ4n) is 1.85. The third kappa shape index (κ3) is 2.60. The molecule has 3 rings (SSSR count). The van der Waals surface area contributed by atoms with Crippen LogP contribution in [0.1, 0.15) is 5.56 Å². The summed E-state index contributed by atoms with van der Waals surface area (Å²) < 4.78 is 0.